The molecule has 3 fully saturated rings. The molecule has 2 atom stereocenters. The number of rotatable bonds is 3. The molecule has 0 spiro atoms. The second-order valence-corrected chi connectivity index (χ2v) is 7.49. The average molecular weight is 366 g/mol. The van der Waals surface area contributed by atoms with E-state index in [0.29, 0.717) is 30.8 Å². The number of hydrogen-bond acceptors (Lipinski definition) is 2. The predicted octanol–water partition coefficient (Wildman–Crippen LogP) is 3.13. The van der Waals surface area contributed by atoms with E-state index in [1.165, 1.54) is 6.07 Å². The van der Waals surface area contributed by atoms with Crippen molar-refractivity contribution in [3.8, 4) is 0 Å². The number of halogens is 1. The fourth-order valence-electron chi connectivity index (χ4n) is 4.22. The summed E-state index contributed by atoms with van der Waals surface area (Å²) in [6.07, 6.45) is 1.99. The first-order chi connectivity index (χ1) is 13.1. The van der Waals surface area contributed by atoms with Crippen molar-refractivity contribution in [1.29, 1.82) is 0 Å². The summed E-state index contributed by atoms with van der Waals surface area (Å²) in [6.45, 7) is 1.87. The highest BCUT2D eigenvalue weighted by atomic mass is 19.1. The Hall–Kier alpha value is -2.69. The Morgan fingerprint density at radius 2 is 1.67 bits per heavy atom. The van der Waals surface area contributed by atoms with Crippen molar-refractivity contribution >= 4 is 11.8 Å². The van der Waals surface area contributed by atoms with Gasteiger partial charge in [0.1, 0.15) is 5.82 Å². The van der Waals surface area contributed by atoms with E-state index in [2.05, 4.69) is 0 Å². The number of carbonyl (C=O) groups excluding carboxylic acids is 2. The summed E-state index contributed by atoms with van der Waals surface area (Å²) in [5.41, 5.74) is 1.11. The molecule has 3 saturated heterocycles. The predicted molar refractivity (Wildman–Crippen MR) is 101 cm³/mol. The topological polar surface area (TPSA) is 40.6 Å². The number of piperidine rings is 1. The van der Waals surface area contributed by atoms with E-state index in [4.69, 9.17) is 0 Å². The van der Waals surface area contributed by atoms with Crippen LogP contribution in [0.4, 0.5) is 4.39 Å². The zero-order valence-electron chi connectivity index (χ0n) is 15.2. The summed E-state index contributed by atoms with van der Waals surface area (Å²) in [4.78, 5) is 29.5. The smallest absolute Gasteiger partial charge is 0.253 e. The lowest BCUT2D eigenvalue weighted by Gasteiger charge is -2.36. The maximum atomic E-state index is 13.9. The quantitative estimate of drug-likeness (QED) is 0.837. The molecule has 2 aromatic carbocycles. The maximum Gasteiger partial charge on any atom is 0.253 e. The normalized spacial score (nSPS) is 21.8. The van der Waals surface area contributed by atoms with Gasteiger partial charge in [0.25, 0.3) is 5.91 Å². The van der Waals surface area contributed by atoms with Gasteiger partial charge >= 0.3 is 0 Å². The molecular weight excluding hydrogens is 343 g/mol. The van der Waals surface area contributed by atoms with E-state index in [1.54, 1.807) is 18.2 Å². The first-order valence-electron chi connectivity index (χ1n) is 9.49. The van der Waals surface area contributed by atoms with E-state index in [1.807, 2.05) is 40.1 Å². The third-order valence-electron chi connectivity index (χ3n) is 5.64. The molecule has 0 aromatic heterocycles. The van der Waals surface area contributed by atoms with Gasteiger partial charge in [-0.15, -0.1) is 0 Å². The minimum atomic E-state index is -0.341. The lowest BCUT2D eigenvalue weighted by atomic mass is 9.94. The van der Waals surface area contributed by atoms with E-state index in [-0.39, 0.29) is 36.0 Å². The van der Waals surface area contributed by atoms with Crippen molar-refractivity contribution in [2.75, 3.05) is 19.6 Å². The Morgan fingerprint density at radius 1 is 0.926 bits per heavy atom. The SMILES string of the molecule is O=C(c1ccccc1)N1C[C@@H]2CC[C@H](C1)N(C(=O)Cc1ccccc1F)C2. The van der Waals surface area contributed by atoms with Crippen LogP contribution in [0.1, 0.15) is 28.8 Å². The maximum absolute atomic E-state index is 13.9. The number of amides is 2. The molecule has 140 valence electrons. The second kappa shape index (κ2) is 7.51. The van der Waals surface area contributed by atoms with Crippen LogP contribution in [0.15, 0.2) is 54.6 Å². The lowest BCUT2D eigenvalue weighted by molar-refractivity contribution is -0.134. The molecule has 27 heavy (non-hydrogen) atoms. The summed E-state index contributed by atoms with van der Waals surface area (Å²) in [7, 11) is 0. The highest BCUT2D eigenvalue weighted by molar-refractivity contribution is 5.94. The Kier molecular flexibility index (Phi) is 4.92. The van der Waals surface area contributed by atoms with Gasteiger partial charge in [-0.25, -0.2) is 4.39 Å². The van der Waals surface area contributed by atoms with Gasteiger partial charge in [0.2, 0.25) is 5.91 Å². The van der Waals surface area contributed by atoms with Gasteiger partial charge < -0.3 is 9.80 Å². The number of benzene rings is 2. The standard InChI is InChI=1S/C22H23FN2O2/c23-20-9-5-4-8-18(20)12-21(26)25-14-16-10-11-19(25)15-24(13-16)22(27)17-6-2-1-3-7-17/h1-9,16,19H,10-15H2/t16-,19+/m0/s1. The molecule has 0 radical (unpaired) electrons. The molecule has 5 heteroatoms. The van der Waals surface area contributed by atoms with Crippen molar-refractivity contribution in [1.82, 2.24) is 9.80 Å². The first kappa shape index (κ1) is 17.7. The van der Waals surface area contributed by atoms with Crippen LogP contribution in [0.25, 0.3) is 0 Å². The molecule has 0 unspecified atom stereocenters. The highest BCUT2D eigenvalue weighted by Crippen LogP contribution is 2.29. The number of fused-ring (bicyclic) bond motifs is 4. The monoisotopic (exact) mass is 366 g/mol. The minimum Gasteiger partial charge on any atom is -0.337 e. The van der Waals surface area contributed by atoms with Crippen LogP contribution in [0.3, 0.4) is 0 Å². The third-order valence-corrected chi connectivity index (χ3v) is 5.64. The molecule has 5 rings (SSSR count). The van der Waals surface area contributed by atoms with Crippen molar-refractivity contribution in [2.45, 2.75) is 25.3 Å². The van der Waals surface area contributed by atoms with Gasteiger partial charge in [-0.1, -0.05) is 36.4 Å². The molecule has 3 aliphatic heterocycles. The Balaban J connectivity index is 1.49. The lowest BCUT2D eigenvalue weighted by Crippen LogP contribution is -2.48. The highest BCUT2D eigenvalue weighted by Gasteiger charge is 2.38. The van der Waals surface area contributed by atoms with Crippen LogP contribution in [0, 0.1) is 11.7 Å². The first-order valence-corrected chi connectivity index (χ1v) is 9.49. The Bertz CT molecular complexity index is 839. The molecule has 0 saturated carbocycles. The summed E-state index contributed by atoms with van der Waals surface area (Å²) in [6, 6.07) is 15.7. The van der Waals surface area contributed by atoms with Crippen LogP contribution < -0.4 is 0 Å². The van der Waals surface area contributed by atoms with Gasteiger partial charge in [0, 0.05) is 31.2 Å². The minimum absolute atomic E-state index is 0.00989. The van der Waals surface area contributed by atoms with Gasteiger partial charge in [-0.3, -0.25) is 9.59 Å². The van der Waals surface area contributed by atoms with Crippen molar-refractivity contribution in [3.63, 3.8) is 0 Å². The number of nitrogens with zero attached hydrogens (tertiary/aromatic N) is 2. The van der Waals surface area contributed by atoms with Crippen molar-refractivity contribution in [3.05, 3.63) is 71.5 Å². The summed E-state index contributed by atoms with van der Waals surface area (Å²) in [5, 5.41) is 0. The van der Waals surface area contributed by atoms with E-state index >= 15 is 0 Å². The van der Waals surface area contributed by atoms with Crippen LogP contribution >= 0.6 is 0 Å². The van der Waals surface area contributed by atoms with Gasteiger partial charge in [0.05, 0.1) is 6.42 Å². The molecule has 0 aliphatic carbocycles. The summed E-state index contributed by atoms with van der Waals surface area (Å²) >= 11 is 0. The van der Waals surface area contributed by atoms with Crippen LogP contribution in [0.2, 0.25) is 0 Å². The number of carbonyl (C=O) groups is 2. The molecule has 0 N–H and O–H groups in total. The van der Waals surface area contributed by atoms with Crippen LogP contribution in [-0.4, -0.2) is 47.3 Å². The van der Waals surface area contributed by atoms with E-state index < -0.39 is 0 Å². The Labute approximate surface area is 158 Å². The summed E-state index contributed by atoms with van der Waals surface area (Å²) in [5.74, 6) is -0.0904. The summed E-state index contributed by atoms with van der Waals surface area (Å²) < 4.78 is 13.9. The Morgan fingerprint density at radius 3 is 2.44 bits per heavy atom. The molecule has 4 nitrogen and oxygen atoms in total. The van der Waals surface area contributed by atoms with Gasteiger partial charge in [0.15, 0.2) is 0 Å². The molecule has 3 heterocycles. The van der Waals surface area contributed by atoms with E-state index in [9.17, 15) is 14.0 Å². The molecule has 2 amide bonds. The van der Waals surface area contributed by atoms with Crippen LogP contribution in [-0.2, 0) is 11.2 Å². The van der Waals surface area contributed by atoms with Crippen LogP contribution in [0.5, 0.6) is 0 Å². The largest absolute Gasteiger partial charge is 0.337 e. The molecule has 2 bridgehead atoms. The number of hydrogen-bond donors (Lipinski definition) is 0. The fraction of sp³-hybridized carbons (Fsp3) is 0.364. The third kappa shape index (κ3) is 3.72. The zero-order chi connectivity index (χ0) is 18.8. The fourth-order valence-corrected chi connectivity index (χ4v) is 4.22. The zero-order valence-corrected chi connectivity index (χ0v) is 15.2. The van der Waals surface area contributed by atoms with E-state index in [0.717, 1.165) is 12.8 Å². The van der Waals surface area contributed by atoms with Gasteiger partial charge in [-0.05, 0) is 42.5 Å². The van der Waals surface area contributed by atoms with Crippen molar-refractivity contribution < 1.29 is 14.0 Å². The second-order valence-electron chi connectivity index (χ2n) is 7.49. The molecule has 2 aromatic rings. The molecular formula is C22H23FN2O2. The molecule has 3 aliphatic rings. The average Bonchev–Trinajstić information content (AvgIpc) is 3.02. The van der Waals surface area contributed by atoms with Gasteiger partial charge in [-0.2, -0.15) is 0 Å². The van der Waals surface area contributed by atoms with Crippen molar-refractivity contribution in [2.24, 2.45) is 5.92 Å².